The molecule has 0 unspecified atom stereocenters. The van der Waals surface area contributed by atoms with E-state index in [1.54, 1.807) is 36.3 Å². The van der Waals surface area contributed by atoms with Crippen molar-refractivity contribution in [3.63, 3.8) is 0 Å². The molecule has 0 aromatic carbocycles. The molecule has 0 aliphatic heterocycles. The summed E-state index contributed by atoms with van der Waals surface area (Å²) in [6, 6.07) is 6.88. The van der Waals surface area contributed by atoms with Gasteiger partial charge in [0.2, 0.25) is 0 Å². The number of aromatic amines is 1. The van der Waals surface area contributed by atoms with Gasteiger partial charge in [0.1, 0.15) is 11.5 Å². The molecule has 1 amide bonds. The van der Waals surface area contributed by atoms with Gasteiger partial charge in [0.05, 0.1) is 25.7 Å². The average molecular weight is 370 g/mol. The minimum atomic E-state index is -0.403. The zero-order valence-electron chi connectivity index (χ0n) is 15.6. The fourth-order valence-electron chi connectivity index (χ4n) is 2.97. The van der Waals surface area contributed by atoms with Crippen LogP contribution in [0.3, 0.4) is 0 Å². The van der Waals surface area contributed by atoms with Crippen LogP contribution in [0.1, 0.15) is 50.5 Å². The van der Waals surface area contributed by atoms with Crippen LogP contribution in [0.2, 0.25) is 0 Å². The van der Waals surface area contributed by atoms with Crippen molar-refractivity contribution in [2.24, 2.45) is 0 Å². The van der Waals surface area contributed by atoms with Gasteiger partial charge in [-0.05, 0) is 56.2 Å². The second kappa shape index (κ2) is 7.99. The van der Waals surface area contributed by atoms with E-state index in [1.807, 2.05) is 19.9 Å². The predicted octanol–water partition coefficient (Wildman–Crippen LogP) is 3.84. The number of nitrogens with one attached hydrogen (secondary N) is 1. The summed E-state index contributed by atoms with van der Waals surface area (Å²) in [7, 11) is 0. The number of furan rings is 2. The number of ether oxygens (including phenoxy) is 1. The standard InChI is InChI=1S/C20H22N2O5/c1-4-25-20(24)18-13(2)16(14(3)21-18)12-22(11-15-7-5-9-26-15)19(23)17-8-6-10-27-17/h5-10,21H,4,11-12H2,1-3H3. The smallest absolute Gasteiger partial charge is 0.355 e. The summed E-state index contributed by atoms with van der Waals surface area (Å²) in [5.74, 6) is 0.248. The maximum atomic E-state index is 12.9. The normalized spacial score (nSPS) is 10.8. The van der Waals surface area contributed by atoms with Crippen LogP contribution in [0.25, 0.3) is 0 Å². The topological polar surface area (TPSA) is 88.7 Å². The van der Waals surface area contributed by atoms with Gasteiger partial charge in [-0.3, -0.25) is 4.79 Å². The van der Waals surface area contributed by atoms with Gasteiger partial charge in [0, 0.05) is 12.2 Å². The number of nitrogens with zero attached hydrogens (tertiary/aromatic N) is 1. The molecule has 0 radical (unpaired) electrons. The third-order valence-corrected chi connectivity index (χ3v) is 4.37. The lowest BCUT2D eigenvalue weighted by atomic mass is 10.1. The quantitative estimate of drug-likeness (QED) is 0.639. The van der Waals surface area contributed by atoms with Crippen LogP contribution >= 0.6 is 0 Å². The number of esters is 1. The second-order valence-corrected chi connectivity index (χ2v) is 6.17. The first-order valence-electron chi connectivity index (χ1n) is 8.71. The number of carbonyl (C=O) groups is 2. The molecule has 3 aromatic rings. The lowest BCUT2D eigenvalue weighted by molar-refractivity contribution is 0.0519. The van der Waals surface area contributed by atoms with Crippen molar-refractivity contribution < 1.29 is 23.2 Å². The molecule has 0 atom stereocenters. The van der Waals surface area contributed by atoms with Gasteiger partial charge in [-0.2, -0.15) is 0 Å². The number of hydrogen-bond donors (Lipinski definition) is 1. The lowest BCUT2D eigenvalue weighted by Crippen LogP contribution is -2.30. The number of carbonyl (C=O) groups excluding carboxylic acids is 2. The predicted molar refractivity (Wildman–Crippen MR) is 97.2 cm³/mol. The minimum Gasteiger partial charge on any atom is -0.467 e. The van der Waals surface area contributed by atoms with E-state index in [2.05, 4.69) is 4.98 Å². The molecule has 0 saturated heterocycles. The highest BCUT2D eigenvalue weighted by atomic mass is 16.5. The van der Waals surface area contributed by atoms with Gasteiger partial charge in [-0.15, -0.1) is 0 Å². The molecule has 0 spiro atoms. The van der Waals surface area contributed by atoms with Crippen molar-refractivity contribution in [3.8, 4) is 0 Å². The fraction of sp³-hybridized carbons (Fsp3) is 0.300. The van der Waals surface area contributed by atoms with Crippen LogP contribution in [0.5, 0.6) is 0 Å². The molecular formula is C20H22N2O5. The van der Waals surface area contributed by atoms with Crippen molar-refractivity contribution in [1.29, 1.82) is 0 Å². The third-order valence-electron chi connectivity index (χ3n) is 4.37. The maximum Gasteiger partial charge on any atom is 0.355 e. The molecule has 3 heterocycles. The summed E-state index contributed by atoms with van der Waals surface area (Å²) in [6.45, 7) is 6.35. The van der Waals surface area contributed by atoms with Gasteiger partial charge < -0.3 is 23.5 Å². The van der Waals surface area contributed by atoms with Crippen LogP contribution < -0.4 is 0 Å². The molecule has 3 aromatic heterocycles. The Balaban J connectivity index is 1.90. The van der Waals surface area contributed by atoms with Gasteiger partial charge in [-0.1, -0.05) is 0 Å². The van der Waals surface area contributed by atoms with Gasteiger partial charge in [-0.25, -0.2) is 4.79 Å². The number of amides is 1. The molecule has 0 saturated carbocycles. The van der Waals surface area contributed by atoms with Crippen LogP contribution in [0.4, 0.5) is 0 Å². The van der Waals surface area contributed by atoms with Crippen molar-refractivity contribution >= 4 is 11.9 Å². The van der Waals surface area contributed by atoms with E-state index in [4.69, 9.17) is 13.6 Å². The monoisotopic (exact) mass is 370 g/mol. The lowest BCUT2D eigenvalue weighted by Gasteiger charge is -2.21. The van der Waals surface area contributed by atoms with E-state index in [0.717, 1.165) is 16.8 Å². The maximum absolute atomic E-state index is 12.9. The van der Waals surface area contributed by atoms with Gasteiger partial charge in [0.25, 0.3) is 5.91 Å². The molecule has 3 rings (SSSR count). The summed E-state index contributed by atoms with van der Waals surface area (Å²) in [6.07, 6.45) is 3.03. The SMILES string of the molecule is CCOC(=O)c1[nH]c(C)c(CN(Cc2ccco2)C(=O)c2ccco2)c1C. The first-order valence-corrected chi connectivity index (χ1v) is 8.71. The molecule has 0 fully saturated rings. The Kier molecular flexibility index (Phi) is 5.49. The zero-order valence-corrected chi connectivity index (χ0v) is 15.6. The summed E-state index contributed by atoms with van der Waals surface area (Å²) < 4.78 is 15.8. The Hall–Kier alpha value is -3.22. The Morgan fingerprint density at radius 2 is 1.85 bits per heavy atom. The molecule has 7 nitrogen and oxygen atoms in total. The Morgan fingerprint density at radius 1 is 1.11 bits per heavy atom. The zero-order chi connectivity index (χ0) is 19.4. The average Bonchev–Trinajstić information content (AvgIpc) is 3.39. The summed E-state index contributed by atoms with van der Waals surface area (Å²) in [4.78, 5) is 29.7. The highest BCUT2D eigenvalue weighted by Crippen LogP contribution is 2.23. The summed E-state index contributed by atoms with van der Waals surface area (Å²) in [5, 5.41) is 0. The van der Waals surface area contributed by atoms with E-state index < -0.39 is 5.97 Å². The largest absolute Gasteiger partial charge is 0.467 e. The molecular weight excluding hydrogens is 348 g/mol. The molecule has 0 aliphatic carbocycles. The number of H-pyrrole nitrogens is 1. The molecule has 0 bridgehead atoms. The van der Waals surface area contributed by atoms with Crippen LogP contribution in [-0.4, -0.2) is 28.4 Å². The van der Waals surface area contributed by atoms with Crippen molar-refractivity contribution in [2.75, 3.05) is 6.61 Å². The second-order valence-electron chi connectivity index (χ2n) is 6.17. The third kappa shape index (κ3) is 3.97. The summed E-state index contributed by atoms with van der Waals surface area (Å²) >= 11 is 0. The van der Waals surface area contributed by atoms with E-state index in [9.17, 15) is 9.59 Å². The van der Waals surface area contributed by atoms with E-state index in [1.165, 1.54) is 6.26 Å². The molecule has 1 N–H and O–H groups in total. The molecule has 27 heavy (non-hydrogen) atoms. The van der Waals surface area contributed by atoms with Crippen molar-refractivity contribution in [2.45, 2.75) is 33.9 Å². The fourth-order valence-corrected chi connectivity index (χ4v) is 2.97. The number of aryl methyl sites for hydroxylation is 1. The molecule has 142 valence electrons. The number of hydrogen-bond acceptors (Lipinski definition) is 5. The van der Waals surface area contributed by atoms with Gasteiger partial charge >= 0.3 is 5.97 Å². The first-order chi connectivity index (χ1) is 13.0. The van der Waals surface area contributed by atoms with Crippen molar-refractivity contribution in [3.05, 3.63) is 70.8 Å². The highest BCUT2D eigenvalue weighted by molar-refractivity contribution is 5.92. The number of aromatic nitrogens is 1. The van der Waals surface area contributed by atoms with E-state index >= 15 is 0 Å². The Bertz CT molecular complexity index is 907. The van der Waals surface area contributed by atoms with Crippen LogP contribution in [0.15, 0.2) is 45.6 Å². The molecule has 0 aliphatic rings. The van der Waals surface area contributed by atoms with E-state index in [0.29, 0.717) is 24.6 Å². The minimum absolute atomic E-state index is 0.248. The molecule has 7 heteroatoms. The summed E-state index contributed by atoms with van der Waals surface area (Å²) in [5.41, 5.74) is 2.85. The van der Waals surface area contributed by atoms with Crippen LogP contribution in [-0.2, 0) is 17.8 Å². The van der Waals surface area contributed by atoms with Crippen molar-refractivity contribution in [1.82, 2.24) is 9.88 Å². The Morgan fingerprint density at radius 3 is 2.48 bits per heavy atom. The number of rotatable bonds is 7. The van der Waals surface area contributed by atoms with Crippen LogP contribution in [0, 0.1) is 13.8 Å². The Labute approximate surface area is 156 Å². The highest BCUT2D eigenvalue weighted by Gasteiger charge is 2.24. The van der Waals surface area contributed by atoms with Gasteiger partial charge in [0.15, 0.2) is 5.76 Å². The first kappa shape index (κ1) is 18.6. The van der Waals surface area contributed by atoms with E-state index in [-0.39, 0.29) is 18.2 Å².